The van der Waals surface area contributed by atoms with Crippen LogP contribution >= 0.6 is 11.3 Å². The predicted octanol–water partition coefficient (Wildman–Crippen LogP) is 13.5. The zero-order chi connectivity index (χ0) is 53.3. The predicted molar refractivity (Wildman–Crippen MR) is 286 cm³/mol. The number of hydrogen-bond donors (Lipinski definition) is 2. The minimum absolute atomic E-state index is 0.00486. The van der Waals surface area contributed by atoms with Gasteiger partial charge in [-0.15, -0.1) is 21.6 Å². The van der Waals surface area contributed by atoms with Crippen molar-refractivity contribution in [3.05, 3.63) is 70.6 Å². The number of rotatable bonds is 44. The minimum Gasteiger partial charge on any atom is -0.481 e. The SMILES string of the molecule is [C-]#[N+]c1sc(N=Nc2ccc(N(CCOCCOCCOC(=O)CC(C/C=C/CCCCCCC)C(=O)O)CCOCCOC(=O)CC(C/C=C/CCCCCCCCCCC)C(=O)O)cc2C)c(C#N)c1C. The number of carbonyl (C=O) groups excluding carboxylic acids is 2. The second kappa shape index (κ2) is 41.0. The first-order valence-corrected chi connectivity index (χ1v) is 27.2. The molecular formula is C56H83N5O11S. The molecule has 2 atom stereocenters. The number of benzene rings is 1. The Hall–Kier alpha value is -5.46. The van der Waals surface area contributed by atoms with E-state index in [1.165, 1.54) is 64.2 Å². The number of anilines is 1. The molecule has 0 saturated heterocycles. The summed E-state index contributed by atoms with van der Waals surface area (Å²) in [4.78, 5) is 54.1. The van der Waals surface area contributed by atoms with E-state index in [9.17, 15) is 34.7 Å². The third-order valence-corrected chi connectivity index (χ3v) is 13.2. The first-order chi connectivity index (χ1) is 35.4. The van der Waals surface area contributed by atoms with E-state index in [-0.39, 0.29) is 71.9 Å². The molecule has 0 bridgehead atoms. The highest BCUT2D eigenvalue weighted by atomic mass is 32.1. The van der Waals surface area contributed by atoms with Crippen molar-refractivity contribution in [2.45, 2.75) is 156 Å². The molecule has 1 heterocycles. The third kappa shape index (κ3) is 29.1. The van der Waals surface area contributed by atoms with Gasteiger partial charge in [-0.25, -0.2) is 4.85 Å². The van der Waals surface area contributed by atoms with Gasteiger partial charge in [0.15, 0.2) is 0 Å². The molecule has 0 saturated carbocycles. The van der Waals surface area contributed by atoms with Crippen molar-refractivity contribution in [2.24, 2.45) is 22.1 Å². The molecule has 0 radical (unpaired) electrons. The molecule has 0 aliphatic carbocycles. The van der Waals surface area contributed by atoms with Crippen LogP contribution in [-0.4, -0.2) is 100 Å². The van der Waals surface area contributed by atoms with Crippen LogP contribution in [0.4, 0.5) is 21.4 Å². The average molecular weight is 1030 g/mol. The second-order valence-corrected chi connectivity index (χ2v) is 19.1. The fraction of sp³-hybridized carbons (Fsp3) is 0.643. The topological polar surface area (TPSA) is 211 Å². The Morgan fingerprint density at radius 3 is 1.60 bits per heavy atom. The summed E-state index contributed by atoms with van der Waals surface area (Å²) in [6.07, 6.45) is 26.7. The number of allylic oxidation sites excluding steroid dienone is 4. The standard InChI is InChI=1S/C56H83N5O11S/c1-6-8-10-12-14-16-17-18-19-21-23-25-27-46(55(64)65)41-51(62)71-38-36-69-33-31-61(48-28-29-50(44(3)40-48)59-60-54-49(43-57)45(4)53(58-5)73-54)30-32-68-34-35-70-37-39-72-52(63)42-47(56(66)67)26-24-22-20-15-13-11-9-7-2/h22-25,28-29,40,46-47H,6-21,26-27,30-39,41-42H2,1-4H3,(H,64,65)(H,66,67)/b24-22+,25-23+,60-59?. The Kier molecular flexibility index (Phi) is 35.7. The number of carbonyl (C=O) groups is 4. The van der Waals surface area contributed by atoms with Gasteiger partial charge in [0.2, 0.25) is 5.00 Å². The molecule has 2 rings (SSSR count). The Bertz CT molecular complexity index is 2070. The largest absolute Gasteiger partial charge is 0.481 e. The fourth-order valence-corrected chi connectivity index (χ4v) is 8.54. The minimum atomic E-state index is -1.03. The van der Waals surface area contributed by atoms with Crippen molar-refractivity contribution in [1.29, 1.82) is 5.26 Å². The van der Waals surface area contributed by atoms with Crippen LogP contribution in [0.5, 0.6) is 0 Å². The number of azo groups is 1. The number of ether oxygens (including phenoxy) is 5. The van der Waals surface area contributed by atoms with Crippen molar-refractivity contribution in [3.63, 3.8) is 0 Å². The maximum atomic E-state index is 12.6. The summed E-state index contributed by atoms with van der Waals surface area (Å²) in [5.74, 6) is -4.94. The zero-order valence-corrected chi connectivity index (χ0v) is 44.9. The molecule has 16 nitrogen and oxygen atoms in total. The zero-order valence-electron chi connectivity index (χ0n) is 44.1. The van der Waals surface area contributed by atoms with Crippen LogP contribution in [0.3, 0.4) is 0 Å². The molecule has 0 fully saturated rings. The lowest BCUT2D eigenvalue weighted by Gasteiger charge is -2.25. The number of nitrogens with zero attached hydrogens (tertiary/aromatic N) is 5. The van der Waals surface area contributed by atoms with E-state index in [1.54, 1.807) is 6.92 Å². The molecule has 2 aromatic rings. The lowest BCUT2D eigenvalue weighted by Crippen LogP contribution is -2.31. The van der Waals surface area contributed by atoms with Crippen LogP contribution in [0, 0.1) is 43.6 Å². The highest BCUT2D eigenvalue weighted by molar-refractivity contribution is 7.20. The summed E-state index contributed by atoms with van der Waals surface area (Å²) in [5, 5.41) is 38.4. The molecule has 2 N–H and O–H groups in total. The van der Waals surface area contributed by atoms with Gasteiger partial charge in [0.25, 0.3) is 0 Å². The quantitative estimate of drug-likeness (QED) is 0.0208. The number of thiophene rings is 1. The summed E-state index contributed by atoms with van der Waals surface area (Å²) in [5.41, 5.74) is 3.18. The highest BCUT2D eigenvalue weighted by Crippen LogP contribution is 2.41. The number of aliphatic carboxylic acids is 2. The molecule has 1 aromatic heterocycles. The Morgan fingerprint density at radius 2 is 1.15 bits per heavy atom. The molecule has 73 heavy (non-hydrogen) atoms. The van der Waals surface area contributed by atoms with Gasteiger partial charge in [0, 0.05) is 18.8 Å². The summed E-state index contributed by atoms with van der Waals surface area (Å²) < 4.78 is 27.9. The van der Waals surface area contributed by atoms with E-state index in [2.05, 4.69) is 39.9 Å². The van der Waals surface area contributed by atoms with Crippen molar-refractivity contribution < 1.29 is 53.1 Å². The summed E-state index contributed by atoms with van der Waals surface area (Å²) in [7, 11) is 0. The van der Waals surface area contributed by atoms with Gasteiger partial charge in [-0.05, 0) is 81.7 Å². The first kappa shape index (κ1) is 63.7. The number of carboxylic acid groups (broad SMARTS) is 2. The highest BCUT2D eigenvalue weighted by Gasteiger charge is 2.22. The number of esters is 2. The van der Waals surface area contributed by atoms with Gasteiger partial charge >= 0.3 is 23.9 Å². The second-order valence-electron chi connectivity index (χ2n) is 18.1. The van der Waals surface area contributed by atoms with Gasteiger partial charge in [-0.3, -0.25) is 19.2 Å². The van der Waals surface area contributed by atoms with Gasteiger partial charge in [-0.2, -0.15) is 5.26 Å². The number of carboxylic acids is 2. The average Bonchev–Trinajstić information content (AvgIpc) is 3.69. The van der Waals surface area contributed by atoms with E-state index in [0.717, 1.165) is 61.1 Å². The molecule has 1 aromatic carbocycles. The smallest absolute Gasteiger partial charge is 0.307 e. The first-order valence-electron chi connectivity index (χ1n) is 26.4. The monoisotopic (exact) mass is 1030 g/mol. The number of hydrogen-bond acceptors (Lipinski definition) is 14. The van der Waals surface area contributed by atoms with E-state index in [4.69, 9.17) is 30.3 Å². The number of aryl methyl sites for hydroxylation is 1. The number of nitriles is 1. The molecule has 2 unspecified atom stereocenters. The third-order valence-electron chi connectivity index (χ3n) is 12.1. The van der Waals surface area contributed by atoms with E-state index in [1.807, 2.05) is 49.4 Å². The molecule has 0 spiro atoms. The van der Waals surface area contributed by atoms with Crippen LogP contribution in [0.1, 0.15) is 159 Å². The van der Waals surface area contributed by atoms with E-state index < -0.39 is 35.7 Å². The van der Waals surface area contributed by atoms with E-state index in [0.29, 0.717) is 46.5 Å². The lowest BCUT2D eigenvalue weighted by atomic mass is 10.0. The van der Waals surface area contributed by atoms with Crippen molar-refractivity contribution in [1.82, 2.24) is 0 Å². The molecular weight excluding hydrogens is 951 g/mol. The fourth-order valence-electron chi connectivity index (χ4n) is 7.67. The summed E-state index contributed by atoms with van der Waals surface area (Å²) in [6, 6.07) is 7.78. The summed E-state index contributed by atoms with van der Waals surface area (Å²) >= 11 is 1.12. The maximum Gasteiger partial charge on any atom is 0.307 e. The van der Waals surface area contributed by atoms with Crippen LogP contribution in [-0.2, 0) is 42.9 Å². The van der Waals surface area contributed by atoms with Gasteiger partial charge in [0.1, 0.15) is 24.3 Å². The van der Waals surface area contributed by atoms with Gasteiger partial charge < -0.3 is 38.8 Å². The normalized spacial score (nSPS) is 12.3. The van der Waals surface area contributed by atoms with Crippen molar-refractivity contribution in [3.8, 4) is 6.07 Å². The summed E-state index contributed by atoms with van der Waals surface area (Å²) in [6.45, 7) is 17.7. The van der Waals surface area contributed by atoms with Crippen LogP contribution < -0.4 is 4.90 Å². The van der Waals surface area contributed by atoms with Crippen LogP contribution in [0.2, 0.25) is 0 Å². The van der Waals surface area contributed by atoms with Crippen molar-refractivity contribution in [2.75, 3.05) is 70.8 Å². The lowest BCUT2D eigenvalue weighted by molar-refractivity contribution is -0.152. The van der Waals surface area contributed by atoms with Gasteiger partial charge in [0.05, 0.1) is 82.1 Å². The van der Waals surface area contributed by atoms with Crippen LogP contribution in [0.25, 0.3) is 4.85 Å². The van der Waals surface area contributed by atoms with Crippen molar-refractivity contribution >= 4 is 56.6 Å². The number of unbranched alkanes of at least 4 members (excludes halogenated alkanes) is 14. The van der Waals surface area contributed by atoms with Crippen LogP contribution in [0.15, 0.2) is 52.7 Å². The van der Waals surface area contributed by atoms with Gasteiger partial charge in [-0.1, -0.05) is 115 Å². The Morgan fingerprint density at radius 1 is 0.685 bits per heavy atom. The van der Waals surface area contributed by atoms with E-state index >= 15 is 0 Å². The molecule has 17 heteroatoms. The molecule has 404 valence electrons. The molecule has 0 aliphatic rings. The molecule has 0 amide bonds. The maximum absolute atomic E-state index is 12.6. The Labute approximate surface area is 439 Å². The Balaban J connectivity index is 1.84. The molecule has 0 aliphatic heterocycles.